The molecule has 0 saturated carbocycles. The number of benzene rings is 2. The van der Waals surface area contributed by atoms with Gasteiger partial charge in [-0.3, -0.25) is 0 Å². The Morgan fingerprint density at radius 1 is 1.00 bits per heavy atom. The van der Waals surface area contributed by atoms with Crippen molar-refractivity contribution in [1.82, 2.24) is 5.32 Å². The lowest BCUT2D eigenvalue weighted by Crippen LogP contribution is -2.43. The highest BCUT2D eigenvalue weighted by Gasteiger charge is 2.19. The lowest BCUT2D eigenvalue weighted by molar-refractivity contribution is 0.160. The molecule has 2 aromatic rings. The largest absolute Gasteiger partial charge is 0.387 e. The fourth-order valence-electron chi connectivity index (χ4n) is 2.44. The van der Waals surface area contributed by atoms with Crippen molar-refractivity contribution in [1.29, 1.82) is 0 Å². The highest BCUT2D eigenvalue weighted by Crippen LogP contribution is 2.16. The van der Waals surface area contributed by atoms with Gasteiger partial charge in [0.25, 0.3) is 0 Å². The molecule has 0 bridgehead atoms. The molecule has 0 aliphatic rings. The third-order valence-electron chi connectivity index (χ3n) is 3.72. The van der Waals surface area contributed by atoms with Gasteiger partial charge in [-0.25, -0.2) is 0 Å². The van der Waals surface area contributed by atoms with Crippen molar-refractivity contribution in [2.75, 3.05) is 6.54 Å². The van der Waals surface area contributed by atoms with E-state index >= 15 is 0 Å². The molecule has 2 rings (SSSR count). The molecule has 0 aromatic heterocycles. The van der Waals surface area contributed by atoms with E-state index in [-0.39, 0.29) is 5.54 Å². The molecule has 1 unspecified atom stereocenters. The topological polar surface area (TPSA) is 32.3 Å². The zero-order valence-corrected chi connectivity index (χ0v) is 13.1. The Bertz CT molecular complexity index is 546. The summed E-state index contributed by atoms with van der Waals surface area (Å²) in [5.74, 6) is 0. The number of aryl methyl sites for hydroxylation is 1. The normalized spacial score (nSPS) is 13.1. The Labute approximate surface area is 127 Å². The van der Waals surface area contributed by atoms with Crippen molar-refractivity contribution in [3.63, 3.8) is 0 Å². The second kappa shape index (κ2) is 6.88. The minimum atomic E-state index is -0.469. The van der Waals surface area contributed by atoms with Crippen LogP contribution >= 0.6 is 0 Å². The summed E-state index contributed by atoms with van der Waals surface area (Å²) in [5, 5.41) is 13.7. The summed E-state index contributed by atoms with van der Waals surface area (Å²) in [7, 11) is 0. The molecular weight excluding hydrogens is 258 g/mol. The Morgan fingerprint density at radius 3 is 2.24 bits per heavy atom. The maximum absolute atomic E-state index is 10.2. The van der Waals surface area contributed by atoms with Crippen LogP contribution in [0.25, 0.3) is 0 Å². The van der Waals surface area contributed by atoms with Gasteiger partial charge in [-0.15, -0.1) is 0 Å². The molecule has 2 nitrogen and oxygen atoms in total. The molecule has 0 fully saturated rings. The molecule has 0 aliphatic heterocycles. The van der Waals surface area contributed by atoms with Crippen LogP contribution in [0.1, 0.15) is 36.6 Å². The van der Waals surface area contributed by atoms with Crippen LogP contribution in [0.3, 0.4) is 0 Å². The Balaban J connectivity index is 1.90. The predicted molar refractivity (Wildman–Crippen MR) is 88.4 cm³/mol. The van der Waals surface area contributed by atoms with Crippen LogP contribution < -0.4 is 5.32 Å². The second-order valence-electron chi connectivity index (χ2n) is 6.35. The number of hydrogen-bond acceptors (Lipinski definition) is 2. The molecule has 0 amide bonds. The van der Waals surface area contributed by atoms with Gasteiger partial charge in [-0.05, 0) is 38.3 Å². The average Bonchev–Trinajstić information content (AvgIpc) is 2.48. The van der Waals surface area contributed by atoms with Crippen LogP contribution in [0.5, 0.6) is 0 Å². The van der Waals surface area contributed by atoms with Crippen molar-refractivity contribution in [3.8, 4) is 0 Å². The first kappa shape index (κ1) is 15.7. The van der Waals surface area contributed by atoms with Gasteiger partial charge in [-0.2, -0.15) is 0 Å². The van der Waals surface area contributed by atoms with E-state index in [1.165, 1.54) is 11.1 Å². The Hall–Kier alpha value is -1.64. The smallest absolute Gasteiger partial charge is 0.0914 e. The van der Waals surface area contributed by atoms with Crippen LogP contribution in [0.2, 0.25) is 0 Å². The number of aliphatic hydroxyl groups excluding tert-OH is 1. The zero-order chi connectivity index (χ0) is 15.3. The van der Waals surface area contributed by atoms with Crippen molar-refractivity contribution in [2.24, 2.45) is 0 Å². The second-order valence-corrected chi connectivity index (χ2v) is 6.35. The van der Waals surface area contributed by atoms with Crippen LogP contribution in [0.4, 0.5) is 0 Å². The van der Waals surface area contributed by atoms with E-state index in [4.69, 9.17) is 0 Å². The average molecular weight is 283 g/mol. The predicted octanol–water partition coefficient (Wildman–Crippen LogP) is 3.64. The van der Waals surface area contributed by atoms with E-state index in [2.05, 4.69) is 50.4 Å². The van der Waals surface area contributed by atoms with Crippen LogP contribution in [0.15, 0.2) is 54.6 Å². The molecule has 0 radical (unpaired) electrons. The summed E-state index contributed by atoms with van der Waals surface area (Å²) in [5.41, 5.74) is 3.50. The van der Waals surface area contributed by atoms with Gasteiger partial charge < -0.3 is 10.4 Å². The maximum Gasteiger partial charge on any atom is 0.0914 e. The summed E-state index contributed by atoms with van der Waals surface area (Å²) in [6, 6.07) is 18.4. The molecule has 2 aromatic carbocycles. The maximum atomic E-state index is 10.2. The van der Waals surface area contributed by atoms with E-state index in [0.29, 0.717) is 6.54 Å². The van der Waals surface area contributed by atoms with Gasteiger partial charge in [0, 0.05) is 12.1 Å². The molecule has 0 heterocycles. The molecule has 1 atom stereocenters. The Kier molecular flexibility index (Phi) is 5.16. The van der Waals surface area contributed by atoms with Gasteiger partial charge in [0.1, 0.15) is 0 Å². The van der Waals surface area contributed by atoms with E-state index < -0.39 is 6.10 Å². The summed E-state index contributed by atoms with van der Waals surface area (Å²) < 4.78 is 0. The van der Waals surface area contributed by atoms with Crippen LogP contribution in [0, 0.1) is 6.92 Å². The van der Waals surface area contributed by atoms with Crippen LogP contribution in [-0.4, -0.2) is 17.2 Å². The molecule has 0 spiro atoms. The summed E-state index contributed by atoms with van der Waals surface area (Å²) >= 11 is 0. The molecule has 112 valence electrons. The van der Waals surface area contributed by atoms with Crippen LogP contribution in [-0.2, 0) is 6.42 Å². The SMILES string of the molecule is Cc1ccc(CC(C)(C)NCC(O)c2ccccc2)cc1. The first-order valence-corrected chi connectivity index (χ1v) is 7.50. The molecule has 0 saturated heterocycles. The third-order valence-corrected chi connectivity index (χ3v) is 3.72. The van der Waals surface area contributed by atoms with Crippen molar-refractivity contribution >= 4 is 0 Å². The number of hydrogen-bond donors (Lipinski definition) is 2. The lowest BCUT2D eigenvalue weighted by Gasteiger charge is -2.28. The van der Waals surface area contributed by atoms with E-state index in [1.807, 2.05) is 30.3 Å². The third kappa shape index (κ3) is 5.00. The highest BCUT2D eigenvalue weighted by molar-refractivity contribution is 5.23. The first-order chi connectivity index (χ1) is 9.96. The molecular formula is C19H25NO. The molecule has 21 heavy (non-hydrogen) atoms. The van der Waals surface area contributed by atoms with Crippen molar-refractivity contribution < 1.29 is 5.11 Å². The van der Waals surface area contributed by atoms with Crippen molar-refractivity contribution in [2.45, 2.75) is 38.8 Å². The standard InChI is InChI=1S/C19H25NO/c1-15-9-11-16(12-10-15)13-19(2,3)20-14-18(21)17-7-5-4-6-8-17/h4-12,18,20-21H,13-14H2,1-3H3. The lowest BCUT2D eigenvalue weighted by atomic mass is 9.94. The van der Waals surface area contributed by atoms with Gasteiger partial charge in [0.15, 0.2) is 0 Å². The van der Waals surface area contributed by atoms with Gasteiger partial charge in [-0.1, -0.05) is 60.2 Å². The summed E-state index contributed by atoms with van der Waals surface area (Å²) in [4.78, 5) is 0. The summed E-state index contributed by atoms with van der Waals surface area (Å²) in [6.45, 7) is 7.00. The summed E-state index contributed by atoms with van der Waals surface area (Å²) in [6.07, 6.45) is 0.470. The highest BCUT2D eigenvalue weighted by atomic mass is 16.3. The fourth-order valence-corrected chi connectivity index (χ4v) is 2.44. The monoisotopic (exact) mass is 283 g/mol. The van der Waals surface area contributed by atoms with E-state index in [1.54, 1.807) is 0 Å². The number of aliphatic hydroxyl groups is 1. The van der Waals surface area contributed by atoms with E-state index in [0.717, 1.165) is 12.0 Å². The van der Waals surface area contributed by atoms with E-state index in [9.17, 15) is 5.11 Å². The molecule has 0 aliphatic carbocycles. The quantitative estimate of drug-likeness (QED) is 0.848. The van der Waals surface area contributed by atoms with Crippen molar-refractivity contribution in [3.05, 3.63) is 71.3 Å². The number of nitrogens with one attached hydrogen (secondary N) is 1. The fraction of sp³-hybridized carbons (Fsp3) is 0.368. The number of β-amino-alcohol motifs (C(OH)–C–C–N with tert-alkyl or cyclic N) is 1. The minimum Gasteiger partial charge on any atom is -0.387 e. The minimum absolute atomic E-state index is 0.0506. The van der Waals surface area contributed by atoms with Gasteiger partial charge in [0.05, 0.1) is 6.10 Å². The Morgan fingerprint density at radius 2 is 1.62 bits per heavy atom. The van der Waals surface area contributed by atoms with Gasteiger partial charge >= 0.3 is 0 Å². The molecule has 2 N–H and O–H groups in total. The first-order valence-electron chi connectivity index (χ1n) is 7.50. The molecule has 2 heteroatoms. The number of rotatable bonds is 6. The van der Waals surface area contributed by atoms with Gasteiger partial charge in [0.2, 0.25) is 0 Å². The zero-order valence-electron chi connectivity index (χ0n) is 13.1.